The van der Waals surface area contributed by atoms with E-state index >= 15 is 4.39 Å². The molecule has 0 spiro atoms. The van der Waals surface area contributed by atoms with Crippen LogP contribution < -0.4 is 15.2 Å². The first-order chi connectivity index (χ1) is 15.8. The molecule has 2 atom stereocenters. The number of ether oxygens (including phenoxy) is 1. The lowest BCUT2D eigenvalue weighted by atomic mass is 10.0. The van der Waals surface area contributed by atoms with Gasteiger partial charge in [-0.25, -0.2) is 9.49 Å². The summed E-state index contributed by atoms with van der Waals surface area (Å²) in [6.45, 7) is 5.73. The standard InChI is InChI=1S/C24H22FN5O3/c1-13-9-26-10-14(2)29(13)12-30-21-8-18(7-20(25)22(21)33-15(3)24(30)32)16-4-5-17-11-27-28-23(31)19(17)6-16/h4-11,13,15H,12H2,1-3H3,(H,28,31)/t13?,15-/m1/s1. The number of fused-ring (bicyclic) bond motifs is 2. The summed E-state index contributed by atoms with van der Waals surface area (Å²) in [6.07, 6.45) is 4.26. The van der Waals surface area contributed by atoms with Crippen LogP contribution in [0.4, 0.5) is 10.1 Å². The molecule has 1 amide bonds. The Morgan fingerprint density at radius 1 is 1.15 bits per heavy atom. The Balaban J connectivity index is 1.61. The van der Waals surface area contributed by atoms with E-state index in [-0.39, 0.29) is 29.9 Å². The topological polar surface area (TPSA) is 90.9 Å². The molecule has 5 rings (SSSR count). The van der Waals surface area contributed by atoms with Crippen LogP contribution in [0.15, 0.2) is 58.2 Å². The van der Waals surface area contributed by atoms with E-state index in [0.29, 0.717) is 27.6 Å². The monoisotopic (exact) mass is 447 g/mol. The second-order valence-corrected chi connectivity index (χ2v) is 8.25. The van der Waals surface area contributed by atoms with Gasteiger partial charge in [0.15, 0.2) is 17.7 Å². The number of carbonyl (C=O) groups excluding carboxylic acids is 1. The number of carbonyl (C=O) groups is 1. The molecule has 0 saturated heterocycles. The first kappa shape index (κ1) is 20.9. The number of hydrogen-bond acceptors (Lipinski definition) is 6. The number of nitrogens with zero attached hydrogens (tertiary/aromatic N) is 4. The number of halogens is 1. The Kier molecular flexibility index (Phi) is 4.96. The zero-order chi connectivity index (χ0) is 23.3. The highest BCUT2D eigenvalue weighted by Crippen LogP contribution is 2.40. The van der Waals surface area contributed by atoms with Crippen molar-refractivity contribution in [1.82, 2.24) is 15.1 Å². The minimum atomic E-state index is -0.817. The van der Waals surface area contributed by atoms with Gasteiger partial charge in [-0.1, -0.05) is 12.1 Å². The fourth-order valence-corrected chi connectivity index (χ4v) is 4.18. The van der Waals surface area contributed by atoms with Gasteiger partial charge < -0.3 is 9.64 Å². The van der Waals surface area contributed by atoms with Gasteiger partial charge in [0.2, 0.25) is 0 Å². The van der Waals surface area contributed by atoms with Gasteiger partial charge in [0.1, 0.15) is 0 Å². The summed E-state index contributed by atoms with van der Waals surface area (Å²) in [6, 6.07) is 8.29. The van der Waals surface area contributed by atoms with E-state index in [4.69, 9.17) is 4.74 Å². The summed E-state index contributed by atoms with van der Waals surface area (Å²) < 4.78 is 20.9. The smallest absolute Gasteiger partial charge is 0.272 e. The molecule has 0 saturated carbocycles. The lowest BCUT2D eigenvalue weighted by molar-refractivity contribution is -0.126. The molecule has 1 aromatic heterocycles. The molecule has 168 valence electrons. The Morgan fingerprint density at radius 3 is 2.76 bits per heavy atom. The van der Waals surface area contributed by atoms with Gasteiger partial charge in [-0.2, -0.15) is 5.10 Å². The molecular weight excluding hydrogens is 425 g/mol. The Bertz CT molecular complexity index is 1400. The largest absolute Gasteiger partial charge is 0.476 e. The third-order valence-electron chi connectivity index (χ3n) is 6.03. The van der Waals surface area contributed by atoms with Gasteiger partial charge >= 0.3 is 0 Å². The molecule has 0 aliphatic carbocycles. The zero-order valence-electron chi connectivity index (χ0n) is 18.4. The first-order valence-electron chi connectivity index (χ1n) is 10.6. The summed E-state index contributed by atoms with van der Waals surface area (Å²) in [7, 11) is 0. The van der Waals surface area contributed by atoms with Gasteiger partial charge in [0.25, 0.3) is 11.5 Å². The number of allylic oxidation sites excluding steroid dienone is 1. The van der Waals surface area contributed by atoms with Crippen molar-refractivity contribution in [3.63, 3.8) is 0 Å². The van der Waals surface area contributed by atoms with Gasteiger partial charge in [-0.15, -0.1) is 0 Å². The molecular formula is C24H22FN5O3. The number of nitrogens with one attached hydrogen (secondary N) is 1. The molecule has 1 unspecified atom stereocenters. The predicted molar refractivity (Wildman–Crippen MR) is 124 cm³/mol. The molecule has 3 heterocycles. The molecule has 0 bridgehead atoms. The molecule has 0 radical (unpaired) electrons. The number of amides is 1. The van der Waals surface area contributed by atoms with Crippen LogP contribution in [0.5, 0.6) is 5.75 Å². The third-order valence-corrected chi connectivity index (χ3v) is 6.03. The first-order valence-corrected chi connectivity index (χ1v) is 10.6. The fourth-order valence-electron chi connectivity index (χ4n) is 4.18. The van der Waals surface area contributed by atoms with Crippen molar-refractivity contribution < 1.29 is 13.9 Å². The van der Waals surface area contributed by atoms with Crippen LogP contribution in [-0.4, -0.2) is 46.0 Å². The summed E-state index contributed by atoms with van der Waals surface area (Å²) in [4.78, 5) is 33.1. The highest BCUT2D eigenvalue weighted by molar-refractivity contribution is 6.01. The van der Waals surface area contributed by atoms with E-state index in [1.807, 2.05) is 18.7 Å². The van der Waals surface area contributed by atoms with E-state index in [2.05, 4.69) is 15.2 Å². The normalized spacial score (nSPS) is 20.0. The predicted octanol–water partition coefficient (Wildman–Crippen LogP) is 3.44. The van der Waals surface area contributed by atoms with E-state index in [1.54, 1.807) is 54.7 Å². The molecule has 0 fully saturated rings. The van der Waals surface area contributed by atoms with Crippen molar-refractivity contribution in [2.45, 2.75) is 32.9 Å². The second kappa shape index (κ2) is 7.84. The molecule has 2 aliphatic rings. The third kappa shape index (κ3) is 3.55. The number of H-pyrrole nitrogens is 1. The number of hydrogen-bond donors (Lipinski definition) is 1. The highest BCUT2D eigenvalue weighted by atomic mass is 19.1. The van der Waals surface area contributed by atoms with Crippen molar-refractivity contribution in [2.75, 3.05) is 11.6 Å². The van der Waals surface area contributed by atoms with Crippen LogP contribution in [0.2, 0.25) is 0 Å². The lowest BCUT2D eigenvalue weighted by Gasteiger charge is -2.40. The minimum Gasteiger partial charge on any atom is -0.476 e. The van der Waals surface area contributed by atoms with Crippen LogP contribution in [0.25, 0.3) is 21.9 Å². The van der Waals surface area contributed by atoms with Crippen molar-refractivity contribution in [3.8, 4) is 16.9 Å². The van der Waals surface area contributed by atoms with Crippen molar-refractivity contribution in [1.29, 1.82) is 0 Å². The number of aromatic amines is 1. The molecule has 33 heavy (non-hydrogen) atoms. The molecule has 8 nitrogen and oxygen atoms in total. The SMILES string of the molecule is CC1=CN=CC(C)N1CN1C(=O)[C@@H](C)Oc2c(F)cc(-c3ccc4cn[nH]c(=O)c4c3)cc21. The van der Waals surface area contributed by atoms with E-state index in [9.17, 15) is 9.59 Å². The number of benzene rings is 2. The molecule has 2 aliphatic heterocycles. The average molecular weight is 447 g/mol. The van der Waals surface area contributed by atoms with Crippen LogP contribution in [-0.2, 0) is 4.79 Å². The van der Waals surface area contributed by atoms with Crippen LogP contribution in [0.1, 0.15) is 20.8 Å². The van der Waals surface area contributed by atoms with Gasteiger partial charge in [-0.05, 0) is 50.1 Å². The average Bonchev–Trinajstić information content (AvgIpc) is 2.79. The molecule has 9 heteroatoms. The fraction of sp³-hybridized carbons (Fsp3) is 0.250. The second-order valence-electron chi connectivity index (χ2n) is 8.25. The van der Waals surface area contributed by atoms with Gasteiger partial charge in [0, 0.05) is 23.5 Å². The highest BCUT2D eigenvalue weighted by Gasteiger charge is 2.36. The summed E-state index contributed by atoms with van der Waals surface area (Å²) in [5.74, 6) is -0.799. The Labute approximate surface area is 189 Å². The number of anilines is 1. The number of rotatable bonds is 3. The van der Waals surface area contributed by atoms with E-state index in [1.165, 1.54) is 6.07 Å². The lowest BCUT2D eigenvalue weighted by Crippen LogP contribution is -2.51. The van der Waals surface area contributed by atoms with Gasteiger partial charge in [-0.3, -0.25) is 19.5 Å². The molecule has 1 N–H and O–H groups in total. The summed E-state index contributed by atoms with van der Waals surface area (Å²) in [5, 5.41) is 7.34. The summed E-state index contributed by atoms with van der Waals surface area (Å²) in [5.41, 5.74) is 2.09. The molecule has 2 aromatic carbocycles. The zero-order valence-corrected chi connectivity index (χ0v) is 18.4. The quantitative estimate of drug-likeness (QED) is 0.664. The number of aliphatic imine (C=N–C) groups is 1. The minimum absolute atomic E-state index is 0.0294. The molecule has 3 aromatic rings. The van der Waals surface area contributed by atoms with Crippen molar-refractivity contribution in [2.24, 2.45) is 4.99 Å². The van der Waals surface area contributed by atoms with E-state index in [0.717, 1.165) is 5.70 Å². The van der Waals surface area contributed by atoms with Crippen molar-refractivity contribution >= 4 is 28.6 Å². The van der Waals surface area contributed by atoms with Crippen LogP contribution in [0.3, 0.4) is 0 Å². The summed E-state index contributed by atoms with van der Waals surface area (Å²) >= 11 is 0. The maximum atomic E-state index is 15.2. The van der Waals surface area contributed by atoms with E-state index < -0.39 is 11.9 Å². The number of aromatic nitrogens is 2. The van der Waals surface area contributed by atoms with Gasteiger partial charge in [0.05, 0.1) is 30.0 Å². The van der Waals surface area contributed by atoms with Crippen molar-refractivity contribution in [3.05, 3.63) is 64.6 Å². The van der Waals surface area contributed by atoms with Crippen LogP contribution in [0, 0.1) is 5.82 Å². The Hall–Kier alpha value is -4.01. The van der Waals surface area contributed by atoms with Crippen LogP contribution >= 0.6 is 0 Å². The Morgan fingerprint density at radius 2 is 1.97 bits per heavy atom. The maximum Gasteiger partial charge on any atom is 0.272 e. The maximum absolute atomic E-state index is 15.2.